The monoisotopic (exact) mass is 232 g/mol. The molecule has 1 aliphatic rings. The summed E-state index contributed by atoms with van der Waals surface area (Å²) in [6, 6.07) is 0. The van der Waals surface area contributed by atoms with Crippen molar-refractivity contribution < 1.29 is 4.74 Å². The van der Waals surface area contributed by atoms with E-state index in [0.717, 1.165) is 24.0 Å². The van der Waals surface area contributed by atoms with E-state index in [-0.39, 0.29) is 0 Å². The van der Waals surface area contributed by atoms with E-state index in [1.165, 1.54) is 30.6 Å². The van der Waals surface area contributed by atoms with Gasteiger partial charge in [-0.2, -0.15) is 0 Å². The van der Waals surface area contributed by atoms with Crippen molar-refractivity contribution in [3.63, 3.8) is 0 Å². The summed E-state index contributed by atoms with van der Waals surface area (Å²) in [7, 11) is 0. The van der Waals surface area contributed by atoms with Crippen molar-refractivity contribution in [2.24, 2.45) is 5.92 Å². The quantitative estimate of drug-likeness (QED) is 0.733. The highest BCUT2D eigenvalue weighted by Gasteiger charge is 2.17. The first-order valence-electron chi connectivity index (χ1n) is 4.89. The molecule has 0 N–H and O–H groups in total. The van der Waals surface area contributed by atoms with Crippen LogP contribution >= 0.6 is 22.9 Å². The van der Waals surface area contributed by atoms with E-state index in [9.17, 15) is 0 Å². The minimum Gasteiger partial charge on any atom is -0.469 e. The van der Waals surface area contributed by atoms with Crippen LogP contribution in [0.2, 0.25) is 0 Å². The highest BCUT2D eigenvalue weighted by atomic mass is 35.5. The van der Waals surface area contributed by atoms with E-state index in [0.29, 0.717) is 11.1 Å². The number of ether oxygens (including phenoxy) is 1. The van der Waals surface area contributed by atoms with Gasteiger partial charge < -0.3 is 4.74 Å². The van der Waals surface area contributed by atoms with E-state index in [4.69, 9.17) is 16.3 Å². The summed E-state index contributed by atoms with van der Waals surface area (Å²) in [5, 5.41) is 9.24. The third kappa shape index (κ3) is 2.58. The molecular formula is C9H13ClN2OS. The fourth-order valence-corrected chi connectivity index (χ4v) is 2.22. The van der Waals surface area contributed by atoms with Gasteiger partial charge in [0.2, 0.25) is 0 Å². The summed E-state index contributed by atoms with van der Waals surface area (Å²) in [5.41, 5.74) is 0. The molecule has 1 saturated carbocycles. The molecule has 0 aromatic carbocycles. The molecular weight excluding hydrogens is 220 g/mol. The Hall–Kier alpha value is -0.350. The standard InChI is InChI=1S/C9H13ClN2OS/c10-6-8-11-12-9(14-8)13-5-4-7-2-1-3-7/h7H,1-6H2. The molecule has 78 valence electrons. The molecule has 1 heterocycles. The summed E-state index contributed by atoms with van der Waals surface area (Å²) < 4.78 is 5.48. The summed E-state index contributed by atoms with van der Waals surface area (Å²) in [5.74, 6) is 1.30. The number of hydrogen-bond acceptors (Lipinski definition) is 4. The molecule has 5 heteroatoms. The molecule has 2 rings (SSSR count). The fourth-order valence-electron chi connectivity index (χ4n) is 1.44. The van der Waals surface area contributed by atoms with Crippen LogP contribution in [0.3, 0.4) is 0 Å². The van der Waals surface area contributed by atoms with Crippen LogP contribution in [0.5, 0.6) is 5.19 Å². The molecule has 0 saturated heterocycles. The lowest BCUT2D eigenvalue weighted by atomic mass is 9.83. The molecule has 14 heavy (non-hydrogen) atoms. The van der Waals surface area contributed by atoms with E-state index < -0.39 is 0 Å². The molecule has 1 aliphatic carbocycles. The molecule has 0 spiro atoms. The van der Waals surface area contributed by atoms with Gasteiger partial charge in [-0.15, -0.1) is 21.8 Å². The SMILES string of the molecule is ClCc1nnc(OCCC2CCC2)s1. The topological polar surface area (TPSA) is 35.0 Å². The zero-order valence-corrected chi connectivity index (χ0v) is 9.48. The van der Waals surface area contributed by atoms with Crippen LogP contribution in [-0.4, -0.2) is 16.8 Å². The maximum atomic E-state index is 5.61. The lowest BCUT2D eigenvalue weighted by Gasteiger charge is -2.24. The van der Waals surface area contributed by atoms with Crippen molar-refractivity contribution in [3.05, 3.63) is 5.01 Å². The molecule has 1 aromatic rings. The van der Waals surface area contributed by atoms with Crippen LogP contribution in [0.15, 0.2) is 0 Å². The van der Waals surface area contributed by atoms with Gasteiger partial charge in [0.05, 0.1) is 12.5 Å². The Morgan fingerprint density at radius 3 is 2.86 bits per heavy atom. The predicted octanol–water partition coefficient (Wildman–Crippen LogP) is 2.85. The van der Waals surface area contributed by atoms with Crippen LogP contribution < -0.4 is 4.74 Å². The summed E-state index contributed by atoms with van der Waals surface area (Å²) in [4.78, 5) is 0. The Balaban J connectivity index is 1.68. The maximum absolute atomic E-state index is 5.61. The number of halogens is 1. The van der Waals surface area contributed by atoms with Crippen LogP contribution in [0.25, 0.3) is 0 Å². The van der Waals surface area contributed by atoms with Gasteiger partial charge in [-0.25, -0.2) is 0 Å². The number of aromatic nitrogens is 2. The van der Waals surface area contributed by atoms with Crippen LogP contribution in [0.1, 0.15) is 30.7 Å². The number of hydrogen-bond donors (Lipinski definition) is 0. The third-order valence-corrected chi connectivity index (χ3v) is 3.79. The Morgan fingerprint density at radius 2 is 2.29 bits per heavy atom. The molecule has 0 atom stereocenters. The van der Waals surface area contributed by atoms with Crippen molar-refractivity contribution in [3.8, 4) is 5.19 Å². The van der Waals surface area contributed by atoms with Gasteiger partial charge >= 0.3 is 0 Å². The fraction of sp³-hybridized carbons (Fsp3) is 0.778. The number of alkyl halides is 1. The van der Waals surface area contributed by atoms with Gasteiger partial charge in [-0.3, -0.25) is 0 Å². The van der Waals surface area contributed by atoms with Crippen molar-refractivity contribution in [2.75, 3.05) is 6.61 Å². The Bertz CT molecular complexity index is 288. The van der Waals surface area contributed by atoms with Crippen molar-refractivity contribution >= 4 is 22.9 Å². The van der Waals surface area contributed by atoms with E-state index in [1.807, 2.05) is 0 Å². The maximum Gasteiger partial charge on any atom is 0.294 e. The van der Waals surface area contributed by atoms with E-state index >= 15 is 0 Å². The summed E-state index contributed by atoms with van der Waals surface area (Å²) in [6.07, 6.45) is 5.27. The molecule has 0 bridgehead atoms. The highest BCUT2D eigenvalue weighted by molar-refractivity contribution is 7.13. The molecule has 1 aromatic heterocycles. The van der Waals surface area contributed by atoms with Crippen molar-refractivity contribution in [1.29, 1.82) is 0 Å². The Morgan fingerprint density at radius 1 is 1.43 bits per heavy atom. The van der Waals surface area contributed by atoms with Crippen LogP contribution in [0.4, 0.5) is 0 Å². The zero-order chi connectivity index (χ0) is 9.80. The predicted molar refractivity (Wildman–Crippen MR) is 56.9 cm³/mol. The summed E-state index contributed by atoms with van der Waals surface area (Å²) in [6.45, 7) is 0.765. The lowest BCUT2D eigenvalue weighted by Crippen LogP contribution is -2.14. The molecule has 1 fully saturated rings. The smallest absolute Gasteiger partial charge is 0.294 e. The van der Waals surface area contributed by atoms with E-state index in [2.05, 4.69) is 10.2 Å². The minimum atomic E-state index is 0.420. The second-order valence-electron chi connectivity index (χ2n) is 3.53. The number of nitrogens with zero attached hydrogens (tertiary/aromatic N) is 2. The highest BCUT2D eigenvalue weighted by Crippen LogP contribution is 2.29. The first-order chi connectivity index (χ1) is 6.88. The van der Waals surface area contributed by atoms with Gasteiger partial charge in [0.15, 0.2) is 0 Å². The van der Waals surface area contributed by atoms with Gasteiger partial charge in [-0.05, 0) is 12.3 Å². The average molecular weight is 233 g/mol. The second-order valence-corrected chi connectivity index (χ2v) is 4.82. The van der Waals surface area contributed by atoms with Crippen molar-refractivity contribution in [1.82, 2.24) is 10.2 Å². The normalized spacial score (nSPS) is 16.6. The van der Waals surface area contributed by atoms with Crippen LogP contribution in [-0.2, 0) is 5.88 Å². The zero-order valence-electron chi connectivity index (χ0n) is 7.91. The van der Waals surface area contributed by atoms with Gasteiger partial charge in [0.1, 0.15) is 5.01 Å². The largest absolute Gasteiger partial charge is 0.469 e. The first kappa shape index (κ1) is 10.2. The average Bonchev–Trinajstić information content (AvgIpc) is 2.57. The molecule has 0 amide bonds. The molecule has 3 nitrogen and oxygen atoms in total. The van der Waals surface area contributed by atoms with Crippen molar-refractivity contribution in [2.45, 2.75) is 31.6 Å². The summed E-state index contributed by atoms with van der Waals surface area (Å²) >= 11 is 7.04. The first-order valence-corrected chi connectivity index (χ1v) is 6.24. The van der Waals surface area contributed by atoms with E-state index in [1.54, 1.807) is 0 Å². The molecule has 0 aliphatic heterocycles. The molecule has 0 unspecified atom stereocenters. The van der Waals surface area contributed by atoms with Gasteiger partial charge in [0, 0.05) is 0 Å². The lowest BCUT2D eigenvalue weighted by molar-refractivity contribution is 0.220. The molecule has 0 radical (unpaired) electrons. The van der Waals surface area contributed by atoms with Gasteiger partial charge in [0.25, 0.3) is 5.19 Å². The van der Waals surface area contributed by atoms with Crippen LogP contribution in [0, 0.1) is 5.92 Å². The minimum absolute atomic E-state index is 0.420. The Labute approximate surface area is 92.4 Å². The Kier molecular flexibility index (Phi) is 3.59. The second kappa shape index (κ2) is 4.94. The number of rotatable bonds is 5. The third-order valence-electron chi connectivity index (χ3n) is 2.54. The van der Waals surface area contributed by atoms with Gasteiger partial charge in [-0.1, -0.05) is 30.6 Å².